The summed E-state index contributed by atoms with van der Waals surface area (Å²) in [6.07, 6.45) is -0.619. The molecule has 0 saturated carbocycles. The molecule has 0 aliphatic carbocycles. The maximum absolute atomic E-state index is 13.8. The number of carbonyl (C=O) groups excluding carboxylic acids is 2. The number of hydrogen-bond donors (Lipinski definition) is 1. The van der Waals surface area contributed by atoms with Crippen LogP contribution in [0.25, 0.3) is 0 Å². The molecule has 0 fully saturated rings. The van der Waals surface area contributed by atoms with Crippen LogP contribution in [0, 0.1) is 5.82 Å². The molecule has 1 N–H and O–H groups in total. The molecule has 16 heavy (non-hydrogen) atoms. The Morgan fingerprint density at radius 3 is 3.00 bits per heavy atom. The molecule has 6 heteroatoms. The summed E-state index contributed by atoms with van der Waals surface area (Å²) in [5.74, 6) is -0.987. The summed E-state index contributed by atoms with van der Waals surface area (Å²) >= 11 is 2.97. The summed E-state index contributed by atoms with van der Waals surface area (Å²) in [5, 5.41) is 2.41. The van der Waals surface area contributed by atoms with Crippen LogP contribution in [0.2, 0.25) is 0 Å². The molecule has 1 aromatic carbocycles. The van der Waals surface area contributed by atoms with Crippen molar-refractivity contribution in [3.63, 3.8) is 0 Å². The molecule has 4 nitrogen and oxygen atoms in total. The standard InChI is InChI=1S/C10H7BrFNO3/c11-3-8(14)5-1-2-7-6(9(5)12)4-16-10(15)13-7/h1-2H,3-4H2,(H,13,15). The highest BCUT2D eigenvalue weighted by molar-refractivity contribution is 9.09. The Kier molecular flexibility index (Phi) is 2.91. The van der Waals surface area contributed by atoms with Gasteiger partial charge < -0.3 is 4.74 Å². The number of nitrogens with one attached hydrogen (secondary N) is 1. The minimum Gasteiger partial charge on any atom is -0.444 e. The molecule has 1 heterocycles. The van der Waals surface area contributed by atoms with Crippen molar-refractivity contribution < 1.29 is 18.7 Å². The van der Waals surface area contributed by atoms with Gasteiger partial charge in [-0.15, -0.1) is 0 Å². The highest BCUT2D eigenvalue weighted by atomic mass is 79.9. The lowest BCUT2D eigenvalue weighted by atomic mass is 10.0. The van der Waals surface area contributed by atoms with Gasteiger partial charge in [0.05, 0.1) is 16.6 Å². The SMILES string of the molecule is O=C1Nc2ccc(C(=O)CBr)c(F)c2CO1. The first kappa shape index (κ1) is 11.1. The fraction of sp³-hybridized carbons (Fsp3) is 0.200. The number of carbonyl (C=O) groups is 2. The summed E-state index contributed by atoms with van der Waals surface area (Å²) in [5.41, 5.74) is 0.543. The van der Waals surface area contributed by atoms with Gasteiger partial charge in [-0.05, 0) is 12.1 Å². The average molecular weight is 288 g/mol. The van der Waals surface area contributed by atoms with Gasteiger partial charge in [-0.25, -0.2) is 9.18 Å². The molecular weight excluding hydrogens is 281 g/mol. The molecule has 1 amide bonds. The van der Waals surface area contributed by atoms with E-state index in [1.165, 1.54) is 12.1 Å². The molecule has 2 rings (SSSR count). The molecule has 1 aliphatic heterocycles. The monoisotopic (exact) mass is 287 g/mol. The van der Waals surface area contributed by atoms with Gasteiger partial charge in [-0.1, -0.05) is 15.9 Å². The Bertz CT molecular complexity index is 475. The number of halogens is 2. The van der Waals surface area contributed by atoms with Crippen molar-refractivity contribution in [3.05, 3.63) is 29.1 Å². The van der Waals surface area contributed by atoms with E-state index < -0.39 is 11.9 Å². The smallest absolute Gasteiger partial charge is 0.411 e. The number of rotatable bonds is 2. The molecule has 1 aliphatic rings. The van der Waals surface area contributed by atoms with Crippen molar-refractivity contribution >= 4 is 33.5 Å². The molecule has 1 aromatic rings. The first-order valence-corrected chi connectivity index (χ1v) is 5.60. The Labute approximate surface area is 98.9 Å². The maximum Gasteiger partial charge on any atom is 0.411 e. The van der Waals surface area contributed by atoms with E-state index in [4.69, 9.17) is 0 Å². The number of anilines is 1. The van der Waals surface area contributed by atoms with Gasteiger partial charge in [0.2, 0.25) is 0 Å². The number of ether oxygens (including phenoxy) is 1. The minimum absolute atomic E-state index is 0.00428. The molecule has 0 unspecified atom stereocenters. The van der Waals surface area contributed by atoms with E-state index in [9.17, 15) is 14.0 Å². The highest BCUT2D eigenvalue weighted by Crippen LogP contribution is 2.27. The van der Waals surface area contributed by atoms with Gasteiger partial charge in [0, 0.05) is 5.56 Å². The number of ketones is 1. The Morgan fingerprint density at radius 2 is 2.31 bits per heavy atom. The third-order valence-corrected chi connectivity index (χ3v) is 2.76. The molecule has 0 bridgehead atoms. The van der Waals surface area contributed by atoms with Gasteiger partial charge in [0.25, 0.3) is 0 Å². The van der Waals surface area contributed by atoms with E-state index in [1.807, 2.05) is 0 Å². The summed E-state index contributed by atoms with van der Waals surface area (Å²) in [7, 11) is 0. The number of fused-ring (bicyclic) bond motifs is 1. The van der Waals surface area contributed by atoms with Crippen molar-refractivity contribution in [3.8, 4) is 0 Å². The van der Waals surface area contributed by atoms with Crippen LogP contribution < -0.4 is 5.32 Å². The molecule has 0 atom stereocenters. The fourth-order valence-electron chi connectivity index (χ4n) is 1.45. The van der Waals surface area contributed by atoms with Crippen molar-refractivity contribution in [2.75, 3.05) is 10.6 Å². The maximum atomic E-state index is 13.8. The molecule has 0 aromatic heterocycles. The topological polar surface area (TPSA) is 55.4 Å². The van der Waals surface area contributed by atoms with E-state index in [1.54, 1.807) is 0 Å². The zero-order valence-corrected chi connectivity index (χ0v) is 9.64. The van der Waals surface area contributed by atoms with Crippen molar-refractivity contribution in [1.29, 1.82) is 0 Å². The van der Waals surface area contributed by atoms with Crippen LogP contribution in [0.4, 0.5) is 14.9 Å². The Balaban J connectivity index is 2.48. The number of alkyl halides is 1. The second-order valence-corrected chi connectivity index (χ2v) is 3.77. The molecule has 0 spiro atoms. The predicted octanol–water partition coefficient (Wildman–Crippen LogP) is 2.47. The number of hydrogen-bond acceptors (Lipinski definition) is 3. The lowest BCUT2D eigenvalue weighted by Crippen LogP contribution is -2.22. The van der Waals surface area contributed by atoms with Gasteiger partial charge >= 0.3 is 6.09 Å². The lowest BCUT2D eigenvalue weighted by Gasteiger charge is -2.18. The first-order valence-electron chi connectivity index (χ1n) is 4.48. The van der Waals surface area contributed by atoms with E-state index >= 15 is 0 Å². The number of Topliss-reactive ketones (excluding diaryl/α,β-unsaturated/α-hetero) is 1. The number of cyclic esters (lactones) is 1. The Morgan fingerprint density at radius 1 is 1.56 bits per heavy atom. The quantitative estimate of drug-likeness (QED) is 0.672. The summed E-state index contributed by atoms with van der Waals surface area (Å²) in [6, 6.07) is 2.85. The largest absolute Gasteiger partial charge is 0.444 e. The third kappa shape index (κ3) is 1.80. The van der Waals surface area contributed by atoms with Crippen LogP contribution in [-0.4, -0.2) is 17.2 Å². The summed E-state index contributed by atoms with van der Waals surface area (Å²) in [6.45, 7) is -0.156. The minimum atomic E-state index is -0.637. The van der Waals surface area contributed by atoms with Crippen LogP contribution in [0.5, 0.6) is 0 Å². The van der Waals surface area contributed by atoms with Crippen LogP contribution in [0.15, 0.2) is 12.1 Å². The lowest BCUT2D eigenvalue weighted by molar-refractivity contribution is 0.101. The van der Waals surface area contributed by atoms with Crippen molar-refractivity contribution in [2.24, 2.45) is 0 Å². The number of amides is 1. The highest BCUT2D eigenvalue weighted by Gasteiger charge is 2.23. The molecule has 0 radical (unpaired) electrons. The predicted molar refractivity (Wildman–Crippen MR) is 58.3 cm³/mol. The van der Waals surface area contributed by atoms with E-state index in [0.717, 1.165) is 0 Å². The van der Waals surface area contributed by atoms with Crippen LogP contribution in [0.1, 0.15) is 15.9 Å². The van der Waals surface area contributed by atoms with E-state index in [0.29, 0.717) is 5.69 Å². The van der Waals surface area contributed by atoms with Crippen molar-refractivity contribution in [1.82, 2.24) is 0 Å². The van der Waals surface area contributed by atoms with Crippen LogP contribution in [-0.2, 0) is 11.3 Å². The first-order chi connectivity index (χ1) is 7.63. The summed E-state index contributed by atoms with van der Waals surface area (Å²) in [4.78, 5) is 22.3. The van der Waals surface area contributed by atoms with Gasteiger partial charge in [-0.2, -0.15) is 0 Å². The third-order valence-electron chi connectivity index (χ3n) is 2.25. The molecule has 84 valence electrons. The van der Waals surface area contributed by atoms with Gasteiger partial charge in [0.15, 0.2) is 5.78 Å². The van der Waals surface area contributed by atoms with Crippen LogP contribution in [0.3, 0.4) is 0 Å². The van der Waals surface area contributed by atoms with Gasteiger partial charge in [-0.3, -0.25) is 10.1 Å². The van der Waals surface area contributed by atoms with Crippen LogP contribution >= 0.6 is 15.9 Å². The molecule has 0 saturated heterocycles. The zero-order chi connectivity index (χ0) is 11.7. The molecular formula is C10H7BrFNO3. The average Bonchev–Trinajstić information content (AvgIpc) is 2.28. The van der Waals surface area contributed by atoms with Gasteiger partial charge in [0.1, 0.15) is 12.4 Å². The van der Waals surface area contributed by atoms with E-state index in [2.05, 4.69) is 26.0 Å². The van der Waals surface area contributed by atoms with Crippen molar-refractivity contribution in [2.45, 2.75) is 6.61 Å². The van der Waals surface area contributed by atoms with E-state index in [-0.39, 0.29) is 28.8 Å². The Hall–Kier alpha value is -1.43. The second kappa shape index (κ2) is 4.21. The second-order valence-electron chi connectivity index (χ2n) is 3.21. The number of benzene rings is 1. The summed E-state index contributed by atoms with van der Waals surface area (Å²) < 4.78 is 18.5. The zero-order valence-electron chi connectivity index (χ0n) is 8.05. The fourth-order valence-corrected chi connectivity index (χ4v) is 1.75. The normalized spacial score (nSPS) is 13.8.